The molecule has 2 rings (SSSR count). The fourth-order valence-corrected chi connectivity index (χ4v) is 1.93. The van der Waals surface area contributed by atoms with E-state index in [1.807, 2.05) is 31.2 Å². The van der Waals surface area contributed by atoms with Crippen LogP contribution in [0.15, 0.2) is 36.4 Å². The number of nitrogens with one attached hydrogen (secondary N) is 1. The van der Waals surface area contributed by atoms with Gasteiger partial charge in [0, 0.05) is 19.2 Å². The van der Waals surface area contributed by atoms with Crippen LogP contribution in [0.2, 0.25) is 5.15 Å². The van der Waals surface area contributed by atoms with E-state index < -0.39 is 6.10 Å². The van der Waals surface area contributed by atoms with Gasteiger partial charge in [-0.25, -0.2) is 0 Å². The van der Waals surface area contributed by atoms with Gasteiger partial charge in [-0.3, -0.25) is 0 Å². The van der Waals surface area contributed by atoms with E-state index in [4.69, 9.17) is 21.1 Å². The fourth-order valence-electron chi connectivity index (χ4n) is 1.83. The molecule has 2 aromatic rings. The maximum absolute atomic E-state index is 9.86. The highest BCUT2D eigenvalue weighted by atomic mass is 35.5. The van der Waals surface area contributed by atoms with Crippen LogP contribution in [0.5, 0.6) is 11.6 Å². The zero-order chi connectivity index (χ0) is 16.5. The van der Waals surface area contributed by atoms with Crippen molar-refractivity contribution < 1.29 is 14.6 Å². The molecule has 6 nitrogen and oxygen atoms in total. The summed E-state index contributed by atoms with van der Waals surface area (Å²) in [4.78, 5) is 0. The maximum Gasteiger partial charge on any atom is 0.233 e. The third-order valence-corrected chi connectivity index (χ3v) is 3.15. The van der Waals surface area contributed by atoms with Crippen LogP contribution in [0.4, 0.5) is 0 Å². The van der Waals surface area contributed by atoms with Gasteiger partial charge in [0.25, 0.3) is 0 Å². The molecule has 0 saturated heterocycles. The van der Waals surface area contributed by atoms with E-state index in [2.05, 4.69) is 15.5 Å². The van der Waals surface area contributed by atoms with Crippen molar-refractivity contribution in [3.05, 3.63) is 47.1 Å². The van der Waals surface area contributed by atoms with Crippen molar-refractivity contribution >= 4 is 11.6 Å². The molecular weight excluding hydrogens is 318 g/mol. The number of aliphatic hydroxyl groups excluding tert-OH is 1. The lowest BCUT2D eigenvalue weighted by atomic mass is 10.2. The summed E-state index contributed by atoms with van der Waals surface area (Å²) in [6.45, 7) is 3.64. The SMILES string of the molecule is Cc1cccc(OCC(O)CNCCOc2ccc(Cl)nn2)c1. The molecule has 0 aliphatic heterocycles. The Kier molecular flexibility index (Phi) is 7.06. The van der Waals surface area contributed by atoms with E-state index in [9.17, 15) is 5.11 Å². The lowest BCUT2D eigenvalue weighted by Gasteiger charge is -2.13. The molecule has 1 unspecified atom stereocenters. The van der Waals surface area contributed by atoms with Gasteiger partial charge in [0.2, 0.25) is 5.88 Å². The van der Waals surface area contributed by atoms with Crippen LogP contribution < -0.4 is 14.8 Å². The first-order chi connectivity index (χ1) is 11.1. The van der Waals surface area contributed by atoms with Crippen molar-refractivity contribution in [3.63, 3.8) is 0 Å². The van der Waals surface area contributed by atoms with Crippen LogP contribution in [0.3, 0.4) is 0 Å². The number of hydrogen-bond acceptors (Lipinski definition) is 6. The molecule has 0 fully saturated rings. The summed E-state index contributed by atoms with van der Waals surface area (Å²) in [5, 5.41) is 20.7. The Bertz CT molecular complexity index is 595. The minimum atomic E-state index is -0.592. The highest BCUT2D eigenvalue weighted by molar-refractivity contribution is 6.29. The molecule has 0 aliphatic rings. The number of benzene rings is 1. The lowest BCUT2D eigenvalue weighted by Crippen LogP contribution is -2.33. The van der Waals surface area contributed by atoms with Crippen molar-refractivity contribution in [2.75, 3.05) is 26.3 Å². The monoisotopic (exact) mass is 337 g/mol. The van der Waals surface area contributed by atoms with E-state index in [0.29, 0.717) is 30.7 Å². The van der Waals surface area contributed by atoms with E-state index >= 15 is 0 Å². The van der Waals surface area contributed by atoms with E-state index in [0.717, 1.165) is 11.3 Å². The molecule has 0 bridgehead atoms. The second-order valence-corrected chi connectivity index (χ2v) is 5.42. The smallest absolute Gasteiger partial charge is 0.233 e. The minimum absolute atomic E-state index is 0.236. The molecule has 1 atom stereocenters. The van der Waals surface area contributed by atoms with Crippen LogP contribution in [0.25, 0.3) is 0 Å². The number of aliphatic hydroxyl groups is 1. The van der Waals surface area contributed by atoms with Gasteiger partial charge >= 0.3 is 0 Å². The molecule has 2 N–H and O–H groups in total. The highest BCUT2D eigenvalue weighted by Gasteiger charge is 2.05. The molecule has 1 heterocycles. The Labute approximate surface area is 140 Å². The molecular formula is C16H20ClN3O3. The van der Waals surface area contributed by atoms with Crippen LogP contribution in [-0.2, 0) is 0 Å². The Morgan fingerprint density at radius 1 is 1.22 bits per heavy atom. The number of aromatic nitrogens is 2. The molecule has 0 amide bonds. The topological polar surface area (TPSA) is 76.5 Å². The first-order valence-electron chi connectivity index (χ1n) is 7.34. The van der Waals surface area contributed by atoms with Gasteiger partial charge in [0.05, 0.1) is 0 Å². The fraction of sp³-hybridized carbons (Fsp3) is 0.375. The minimum Gasteiger partial charge on any atom is -0.491 e. The highest BCUT2D eigenvalue weighted by Crippen LogP contribution is 2.12. The number of hydrogen-bond donors (Lipinski definition) is 2. The quantitative estimate of drug-likeness (QED) is 0.680. The van der Waals surface area contributed by atoms with Crippen molar-refractivity contribution in [1.29, 1.82) is 0 Å². The van der Waals surface area contributed by atoms with Crippen molar-refractivity contribution in [3.8, 4) is 11.6 Å². The van der Waals surface area contributed by atoms with Crippen molar-refractivity contribution in [1.82, 2.24) is 15.5 Å². The number of nitrogens with zero attached hydrogens (tertiary/aromatic N) is 2. The molecule has 7 heteroatoms. The average Bonchev–Trinajstić information content (AvgIpc) is 2.54. The third-order valence-electron chi connectivity index (χ3n) is 2.95. The summed E-state index contributed by atoms with van der Waals surface area (Å²) in [5.41, 5.74) is 1.12. The summed E-state index contributed by atoms with van der Waals surface area (Å²) in [7, 11) is 0. The maximum atomic E-state index is 9.86. The Morgan fingerprint density at radius 2 is 2.09 bits per heavy atom. The summed E-state index contributed by atoms with van der Waals surface area (Å²) in [6.07, 6.45) is -0.592. The largest absolute Gasteiger partial charge is 0.491 e. The van der Waals surface area contributed by atoms with Gasteiger partial charge in [0.1, 0.15) is 25.1 Å². The summed E-state index contributed by atoms with van der Waals surface area (Å²) in [6, 6.07) is 11.0. The van der Waals surface area contributed by atoms with Crippen LogP contribution >= 0.6 is 11.6 Å². The average molecular weight is 338 g/mol. The molecule has 0 spiro atoms. The first-order valence-corrected chi connectivity index (χ1v) is 7.71. The first kappa shape index (κ1) is 17.5. The molecule has 0 radical (unpaired) electrons. The van der Waals surface area contributed by atoms with Gasteiger partial charge in [-0.1, -0.05) is 23.7 Å². The van der Waals surface area contributed by atoms with Gasteiger partial charge in [0.15, 0.2) is 5.15 Å². The lowest BCUT2D eigenvalue weighted by molar-refractivity contribution is 0.105. The van der Waals surface area contributed by atoms with Crippen LogP contribution in [0.1, 0.15) is 5.56 Å². The predicted molar refractivity (Wildman–Crippen MR) is 88.1 cm³/mol. The normalized spacial score (nSPS) is 12.0. The molecule has 1 aromatic heterocycles. The standard InChI is InChI=1S/C16H20ClN3O3/c1-12-3-2-4-14(9-12)23-11-13(21)10-18-7-8-22-16-6-5-15(17)19-20-16/h2-6,9,13,18,21H,7-8,10-11H2,1H3. The zero-order valence-corrected chi connectivity index (χ0v) is 13.7. The second kappa shape index (κ2) is 9.29. The number of halogens is 1. The van der Waals surface area contributed by atoms with Gasteiger partial charge in [-0.15, -0.1) is 10.2 Å². The second-order valence-electron chi connectivity index (χ2n) is 5.03. The summed E-state index contributed by atoms with van der Waals surface area (Å²) >= 11 is 5.63. The van der Waals surface area contributed by atoms with Gasteiger partial charge in [-0.05, 0) is 30.7 Å². The zero-order valence-electron chi connectivity index (χ0n) is 12.9. The van der Waals surface area contributed by atoms with Crippen LogP contribution in [0, 0.1) is 6.92 Å². The number of rotatable bonds is 9. The molecule has 0 saturated carbocycles. The summed E-state index contributed by atoms with van der Waals surface area (Å²) in [5.74, 6) is 1.17. The van der Waals surface area contributed by atoms with Crippen molar-refractivity contribution in [2.24, 2.45) is 0 Å². The van der Waals surface area contributed by atoms with Crippen LogP contribution in [-0.4, -0.2) is 47.7 Å². The molecule has 1 aromatic carbocycles. The molecule has 0 aliphatic carbocycles. The van der Waals surface area contributed by atoms with E-state index in [1.165, 1.54) is 0 Å². The van der Waals surface area contributed by atoms with E-state index in [-0.39, 0.29) is 6.61 Å². The molecule has 124 valence electrons. The number of ether oxygens (including phenoxy) is 2. The number of aryl methyl sites for hydroxylation is 1. The Morgan fingerprint density at radius 3 is 2.83 bits per heavy atom. The van der Waals surface area contributed by atoms with E-state index in [1.54, 1.807) is 12.1 Å². The summed E-state index contributed by atoms with van der Waals surface area (Å²) < 4.78 is 10.9. The Hall–Kier alpha value is -1.89. The predicted octanol–water partition coefficient (Wildman–Crippen LogP) is 1.85. The van der Waals surface area contributed by atoms with Crippen molar-refractivity contribution in [2.45, 2.75) is 13.0 Å². The van der Waals surface area contributed by atoms with Gasteiger partial charge < -0.3 is 19.9 Å². The molecule has 23 heavy (non-hydrogen) atoms. The van der Waals surface area contributed by atoms with Gasteiger partial charge in [-0.2, -0.15) is 0 Å². The Balaban J connectivity index is 1.56. The third kappa shape index (κ3) is 6.81.